The fourth-order valence-corrected chi connectivity index (χ4v) is 2.23. The number of carbonyl (C=O) groups is 1. The molecule has 1 aromatic rings. The predicted molar refractivity (Wildman–Crippen MR) is 64.9 cm³/mol. The first kappa shape index (κ1) is 13.9. The van der Waals surface area contributed by atoms with Crippen molar-refractivity contribution in [3.63, 3.8) is 0 Å². The van der Waals surface area contributed by atoms with Crippen molar-refractivity contribution in [3.05, 3.63) is 35.1 Å². The fourth-order valence-electron chi connectivity index (χ4n) is 2.23. The van der Waals surface area contributed by atoms with Crippen molar-refractivity contribution < 1.29 is 18.0 Å². The van der Waals surface area contributed by atoms with Gasteiger partial charge in [-0.2, -0.15) is 0 Å². The molecule has 1 aliphatic carbocycles. The minimum atomic E-state index is -0.979. The van der Waals surface area contributed by atoms with Crippen molar-refractivity contribution >= 4 is 5.91 Å². The third-order valence-corrected chi connectivity index (χ3v) is 3.37. The van der Waals surface area contributed by atoms with Crippen molar-refractivity contribution in [2.45, 2.75) is 44.6 Å². The second-order valence-corrected chi connectivity index (χ2v) is 4.98. The normalized spacial score (nSPS) is 16.2. The third kappa shape index (κ3) is 2.91. The monoisotopic (exact) mass is 271 g/mol. The van der Waals surface area contributed by atoms with Gasteiger partial charge in [0.25, 0.3) is 0 Å². The van der Waals surface area contributed by atoms with Gasteiger partial charge >= 0.3 is 0 Å². The summed E-state index contributed by atoms with van der Waals surface area (Å²) in [4.78, 5) is 11.7. The first-order valence-corrected chi connectivity index (χ1v) is 6.44. The van der Waals surface area contributed by atoms with Gasteiger partial charge in [0.15, 0.2) is 0 Å². The molecule has 1 aliphatic rings. The number of carbonyl (C=O) groups excluding carboxylic acids is 1. The van der Waals surface area contributed by atoms with Crippen LogP contribution in [0.3, 0.4) is 0 Å². The van der Waals surface area contributed by atoms with E-state index in [1.807, 2.05) is 6.92 Å². The number of rotatable bonds is 5. The number of halogens is 3. The lowest BCUT2D eigenvalue weighted by atomic mass is 10.0. The molecule has 0 radical (unpaired) electrons. The number of unbranched alkanes of at least 4 members (excludes halogenated alkanes) is 1. The Balaban J connectivity index is 2.19. The predicted octanol–water partition coefficient (Wildman–Crippen LogP) is 3.40. The third-order valence-electron chi connectivity index (χ3n) is 3.37. The molecular weight excluding hydrogens is 255 g/mol. The molecule has 0 unspecified atom stereocenters. The van der Waals surface area contributed by atoms with E-state index in [-0.39, 0.29) is 11.5 Å². The van der Waals surface area contributed by atoms with Crippen molar-refractivity contribution in [2.75, 3.05) is 0 Å². The van der Waals surface area contributed by atoms with Crippen LogP contribution in [0.1, 0.15) is 44.6 Å². The van der Waals surface area contributed by atoms with Crippen LogP contribution in [-0.4, -0.2) is 5.91 Å². The highest BCUT2D eigenvalue weighted by Gasteiger charge is 2.49. The van der Waals surface area contributed by atoms with Gasteiger partial charge in [-0.1, -0.05) is 13.3 Å². The van der Waals surface area contributed by atoms with Crippen LogP contribution in [0.5, 0.6) is 0 Å². The lowest BCUT2D eigenvalue weighted by Gasteiger charge is -2.19. The molecule has 1 aromatic carbocycles. The molecular formula is C14H16F3NO. The molecule has 1 saturated carbocycles. The zero-order valence-electron chi connectivity index (χ0n) is 10.7. The van der Waals surface area contributed by atoms with Gasteiger partial charge in [-0.3, -0.25) is 4.79 Å². The summed E-state index contributed by atoms with van der Waals surface area (Å²) >= 11 is 0. The van der Waals surface area contributed by atoms with E-state index in [0.717, 1.165) is 12.8 Å². The Bertz CT molecular complexity index is 474. The van der Waals surface area contributed by atoms with Crippen molar-refractivity contribution in [1.29, 1.82) is 0 Å². The molecule has 0 bridgehead atoms. The van der Waals surface area contributed by atoms with Crippen LogP contribution in [0.4, 0.5) is 13.2 Å². The molecule has 0 spiro atoms. The SMILES string of the molecule is CCCCC(=O)NC1(c2c(F)cc(F)cc2F)CC1. The van der Waals surface area contributed by atoms with Crippen LogP contribution in [0.15, 0.2) is 12.1 Å². The Morgan fingerprint density at radius 1 is 1.26 bits per heavy atom. The summed E-state index contributed by atoms with van der Waals surface area (Å²) in [7, 11) is 0. The quantitative estimate of drug-likeness (QED) is 0.873. The molecule has 0 saturated heterocycles. The van der Waals surface area contributed by atoms with E-state index >= 15 is 0 Å². The van der Waals surface area contributed by atoms with Gasteiger partial charge in [-0.05, 0) is 19.3 Å². The van der Waals surface area contributed by atoms with E-state index in [1.54, 1.807) is 0 Å². The largest absolute Gasteiger partial charge is 0.346 e. The van der Waals surface area contributed by atoms with Crippen LogP contribution < -0.4 is 5.32 Å². The van der Waals surface area contributed by atoms with Gasteiger partial charge in [-0.15, -0.1) is 0 Å². The summed E-state index contributed by atoms with van der Waals surface area (Å²) in [5.74, 6) is -3.05. The fraction of sp³-hybridized carbons (Fsp3) is 0.500. The number of amides is 1. The van der Waals surface area contributed by atoms with Gasteiger partial charge in [0, 0.05) is 24.1 Å². The zero-order chi connectivity index (χ0) is 14.0. The average Bonchev–Trinajstić information content (AvgIpc) is 3.05. The maximum Gasteiger partial charge on any atom is 0.220 e. The second-order valence-electron chi connectivity index (χ2n) is 4.98. The number of hydrogen-bond donors (Lipinski definition) is 1. The molecule has 5 heteroatoms. The Morgan fingerprint density at radius 3 is 2.32 bits per heavy atom. The van der Waals surface area contributed by atoms with Crippen LogP contribution in [0, 0.1) is 17.5 Å². The molecule has 0 atom stereocenters. The maximum atomic E-state index is 13.7. The smallest absolute Gasteiger partial charge is 0.220 e. The van der Waals surface area contributed by atoms with Gasteiger partial charge in [0.1, 0.15) is 17.5 Å². The first-order chi connectivity index (χ1) is 8.98. The van der Waals surface area contributed by atoms with E-state index in [0.29, 0.717) is 31.4 Å². The van der Waals surface area contributed by atoms with Crippen molar-refractivity contribution in [1.82, 2.24) is 5.32 Å². The number of hydrogen-bond acceptors (Lipinski definition) is 1. The lowest BCUT2D eigenvalue weighted by Crippen LogP contribution is -2.36. The molecule has 1 fully saturated rings. The minimum absolute atomic E-state index is 0.220. The molecule has 2 nitrogen and oxygen atoms in total. The lowest BCUT2D eigenvalue weighted by molar-refractivity contribution is -0.122. The maximum absolute atomic E-state index is 13.7. The van der Waals surface area contributed by atoms with E-state index in [1.165, 1.54) is 0 Å². The van der Waals surface area contributed by atoms with E-state index in [4.69, 9.17) is 0 Å². The molecule has 19 heavy (non-hydrogen) atoms. The minimum Gasteiger partial charge on any atom is -0.346 e. The topological polar surface area (TPSA) is 29.1 Å². The summed E-state index contributed by atoms with van der Waals surface area (Å²) in [6, 6.07) is 1.30. The molecule has 104 valence electrons. The second kappa shape index (κ2) is 5.23. The zero-order valence-corrected chi connectivity index (χ0v) is 10.7. The van der Waals surface area contributed by atoms with Gasteiger partial charge in [0.05, 0.1) is 5.54 Å². The summed E-state index contributed by atoms with van der Waals surface area (Å²) in [6.45, 7) is 1.96. The Kier molecular flexibility index (Phi) is 3.83. The highest BCUT2D eigenvalue weighted by Crippen LogP contribution is 2.47. The molecule has 0 aliphatic heterocycles. The Morgan fingerprint density at radius 2 is 1.84 bits per heavy atom. The Hall–Kier alpha value is -1.52. The van der Waals surface area contributed by atoms with Crippen LogP contribution in [-0.2, 0) is 10.3 Å². The highest BCUT2D eigenvalue weighted by molar-refractivity contribution is 5.77. The average molecular weight is 271 g/mol. The molecule has 2 rings (SSSR count). The van der Waals surface area contributed by atoms with Gasteiger partial charge in [0.2, 0.25) is 5.91 Å². The van der Waals surface area contributed by atoms with E-state index in [2.05, 4.69) is 5.32 Å². The highest BCUT2D eigenvalue weighted by atomic mass is 19.1. The molecule has 1 N–H and O–H groups in total. The van der Waals surface area contributed by atoms with Crippen molar-refractivity contribution in [3.8, 4) is 0 Å². The number of nitrogens with one attached hydrogen (secondary N) is 1. The van der Waals surface area contributed by atoms with E-state index < -0.39 is 23.0 Å². The van der Waals surface area contributed by atoms with Crippen LogP contribution in [0.2, 0.25) is 0 Å². The van der Waals surface area contributed by atoms with E-state index in [9.17, 15) is 18.0 Å². The van der Waals surface area contributed by atoms with Gasteiger partial charge < -0.3 is 5.32 Å². The Labute approximate surface area is 110 Å². The summed E-state index contributed by atoms with van der Waals surface area (Å²) in [6.07, 6.45) is 2.90. The van der Waals surface area contributed by atoms with Crippen molar-refractivity contribution in [2.24, 2.45) is 0 Å². The van der Waals surface area contributed by atoms with Crippen LogP contribution >= 0.6 is 0 Å². The standard InChI is InChI=1S/C14H16F3NO/c1-2-3-4-12(19)18-14(5-6-14)13-10(16)7-9(15)8-11(13)17/h7-8H,2-6H2,1H3,(H,18,19). The molecule has 0 aromatic heterocycles. The van der Waals surface area contributed by atoms with Crippen LogP contribution in [0.25, 0.3) is 0 Å². The molecule has 0 heterocycles. The summed E-state index contributed by atoms with van der Waals surface area (Å²) < 4.78 is 40.3. The summed E-state index contributed by atoms with van der Waals surface area (Å²) in [5.41, 5.74) is -1.20. The van der Waals surface area contributed by atoms with Gasteiger partial charge in [-0.25, -0.2) is 13.2 Å². The summed E-state index contributed by atoms with van der Waals surface area (Å²) in [5, 5.41) is 2.68. The number of benzene rings is 1. The first-order valence-electron chi connectivity index (χ1n) is 6.44. The molecule has 1 amide bonds.